The van der Waals surface area contributed by atoms with Gasteiger partial charge in [-0.15, -0.1) is 0 Å². The summed E-state index contributed by atoms with van der Waals surface area (Å²) in [5.74, 6) is -0.665. The molecule has 6 nitrogen and oxygen atoms in total. The van der Waals surface area contributed by atoms with Crippen LogP contribution in [-0.2, 0) is 0 Å². The summed E-state index contributed by atoms with van der Waals surface area (Å²) in [5.41, 5.74) is 0.471. The molecule has 0 atom stereocenters. The van der Waals surface area contributed by atoms with E-state index in [0.29, 0.717) is 10.9 Å². The van der Waals surface area contributed by atoms with E-state index in [1.54, 1.807) is 24.3 Å². The van der Waals surface area contributed by atoms with Crippen LogP contribution in [0.25, 0.3) is 10.9 Å². The van der Waals surface area contributed by atoms with Gasteiger partial charge in [0.1, 0.15) is 0 Å². The van der Waals surface area contributed by atoms with Crippen LogP contribution < -0.4 is 20.3 Å². The molecule has 0 aliphatic carbocycles. The third-order valence-electron chi connectivity index (χ3n) is 3.63. The van der Waals surface area contributed by atoms with E-state index >= 15 is 0 Å². The molecular formula is C18H14F2N2O4. The number of benzene rings is 2. The first-order valence-corrected chi connectivity index (χ1v) is 7.54. The highest BCUT2D eigenvalue weighted by atomic mass is 19.3. The number of rotatable bonds is 5. The van der Waals surface area contributed by atoms with Gasteiger partial charge in [-0.05, 0) is 18.2 Å². The molecule has 2 N–H and O–H groups in total. The van der Waals surface area contributed by atoms with Gasteiger partial charge in [-0.25, -0.2) is 0 Å². The molecule has 0 aliphatic heterocycles. The molecule has 3 aromatic rings. The number of para-hydroxylation sites is 1. The summed E-state index contributed by atoms with van der Waals surface area (Å²) < 4.78 is 34.4. The maximum absolute atomic E-state index is 12.6. The van der Waals surface area contributed by atoms with E-state index in [-0.39, 0.29) is 22.7 Å². The molecule has 0 fully saturated rings. The van der Waals surface area contributed by atoms with Gasteiger partial charge in [0, 0.05) is 28.7 Å². The van der Waals surface area contributed by atoms with E-state index in [9.17, 15) is 18.4 Å². The molecule has 0 saturated heterocycles. The number of H-pyrrole nitrogens is 1. The SMILES string of the molecule is COc1ccc(NC(=O)c2cc(=O)[nH]c3ccccc23)cc1OC(F)F. The summed E-state index contributed by atoms with van der Waals surface area (Å²) in [5, 5.41) is 3.13. The molecule has 8 heteroatoms. The Hall–Kier alpha value is -3.42. The highest BCUT2D eigenvalue weighted by molar-refractivity contribution is 6.12. The van der Waals surface area contributed by atoms with Crippen molar-refractivity contribution in [2.24, 2.45) is 0 Å². The number of pyridine rings is 1. The largest absolute Gasteiger partial charge is 0.493 e. The first-order valence-electron chi connectivity index (χ1n) is 7.54. The first-order chi connectivity index (χ1) is 12.5. The van der Waals surface area contributed by atoms with Crippen molar-refractivity contribution in [3.63, 3.8) is 0 Å². The molecule has 26 heavy (non-hydrogen) atoms. The van der Waals surface area contributed by atoms with Gasteiger partial charge >= 0.3 is 6.61 Å². The van der Waals surface area contributed by atoms with Crippen LogP contribution in [0.1, 0.15) is 10.4 Å². The molecule has 0 unspecified atom stereocenters. The minimum Gasteiger partial charge on any atom is -0.493 e. The fourth-order valence-corrected chi connectivity index (χ4v) is 2.53. The third kappa shape index (κ3) is 3.64. The molecule has 1 amide bonds. The predicted molar refractivity (Wildman–Crippen MR) is 92.1 cm³/mol. The van der Waals surface area contributed by atoms with Gasteiger partial charge in [-0.1, -0.05) is 18.2 Å². The normalized spacial score (nSPS) is 10.8. The maximum Gasteiger partial charge on any atom is 0.387 e. The Labute approximate surface area is 146 Å². The molecule has 3 rings (SSSR count). The quantitative estimate of drug-likeness (QED) is 0.731. The van der Waals surface area contributed by atoms with E-state index in [2.05, 4.69) is 15.0 Å². The number of nitrogens with one attached hydrogen (secondary N) is 2. The highest BCUT2D eigenvalue weighted by Crippen LogP contribution is 2.31. The Balaban J connectivity index is 1.95. The second-order valence-corrected chi connectivity index (χ2v) is 5.29. The molecule has 0 spiro atoms. The van der Waals surface area contributed by atoms with Crippen LogP contribution in [0, 0.1) is 0 Å². The number of methoxy groups -OCH3 is 1. The zero-order valence-corrected chi connectivity index (χ0v) is 13.6. The summed E-state index contributed by atoms with van der Waals surface area (Å²) in [7, 11) is 1.31. The second kappa shape index (κ2) is 7.22. The number of aromatic nitrogens is 1. The molecule has 0 bridgehead atoms. The lowest BCUT2D eigenvalue weighted by Gasteiger charge is -2.12. The number of ether oxygens (including phenoxy) is 2. The lowest BCUT2D eigenvalue weighted by Crippen LogP contribution is -2.17. The van der Waals surface area contributed by atoms with Gasteiger partial charge < -0.3 is 19.8 Å². The molecular weight excluding hydrogens is 346 g/mol. The van der Waals surface area contributed by atoms with E-state index in [1.165, 1.54) is 31.4 Å². The van der Waals surface area contributed by atoms with Crippen LogP contribution in [-0.4, -0.2) is 24.6 Å². The number of aromatic amines is 1. The predicted octanol–water partition coefficient (Wildman–Crippen LogP) is 3.39. The van der Waals surface area contributed by atoms with Crippen molar-refractivity contribution in [2.75, 3.05) is 12.4 Å². The van der Waals surface area contributed by atoms with Gasteiger partial charge in [0.2, 0.25) is 5.56 Å². The lowest BCUT2D eigenvalue weighted by atomic mass is 10.1. The monoisotopic (exact) mass is 360 g/mol. The van der Waals surface area contributed by atoms with Crippen molar-refractivity contribution < 1.29 is 23.0 Å². The van der Waals surface area contributed by atoms with Gasteiger partial charge in [-0.3, -0.25) is 9.59 Å². The minimum atomic E-state index is -3.04. The maximum atomic E-state index is 12.6. The molecule has 2 aromatic carbocycles. The van der Waals surface area contributed by atoms with E-state index in [4.69, 9.17) is 4.74 Å². The Morgan fingerprint density at radius 1 is 1.12 bits per heavy atom. The number of carbonyl (C=O) groups excluding carboxylic acids is 1. The van der Waals surface area contributed by atoms with Gasteiger partial charge in [0.05, 0.1) is 12.7 Å². The number of alkyl halides is 2. The van der Waals surface area contributed by atoms with Gasteiger partial charge in [-0.2, -0.15) is 8.78 Å². The first kappa shape index (κ1) is 17.4. The summed E-state index contributed by atoms with van der Waals surface area (Å²) in [6, 6.07) is 12.1. The molecule has 0 saturated carbocycles. The summed E-state index contributed by atoms with van der Waals surface area (Å²) >= 11 is 0. The zero-order valence-electron chi connectivity index (χ0n) is 13.6. The highest BCUT2D eigenvalue weighted by Gasteiger charge is 2.15. The number of hydrogen-bond donors (Lipinski definition) is 2. The van der Waals surface area contributed by atoms with Crippen LogP contribution in [0.15, 0.2) is 53.3 Å². The van der Waals surface area contributed by atoms with Crippen LogP contribution in [0.3, 0.4) is 0 Å². The Bertz CT molecular complexity index is 1020. The van der Waals surface area contributed by atoms with Crippen LogP contribution >= 0.6 is 0 Å². The fraction of sp³-hybridized carbons (Fsp3) is 0.111. The third-order valence-corrected chi connectivity index (χ3v) is 3.63. The molecule has 1 heterocycles. The van der Waals surface area contributed by atoms with Gasteiger partial charge in [0.25, 0.3) is 5.91 Å². The van der Waals surface area contributed by atoms with E-state index in [1.807, 2.05) is 0 Å². The Morgan fingerprint density at radius 2 is 1.88 bits per heavy atom. The average molecular weight is 360 g/mol. The van der Waals surface area contributed by atoms with Crippen LogP contribution in [0.5, 0.6) is 11.5 Å². The van der Waals surface area contributed by atoms with Crippen molar-refractivity contribution in [3.8, 4) is 11.5 Å². The van der Waals surface area contributed by atoms with Crippen molar-refractivity contribution in [2.45, 2.75) is 6.61 Å². The summed E-state index contributed by atoms with van der Waals surface area (Å²) in [6.45, 7) is -3.04. The van der Waals surface area contributed by atoms with Crippen LogP contribution in [0.4, 0.5) is 14.5 Å². The second-order valence-electron chi connectivity index (χ2n) is 5.29. The number of fused-ring (bicyclic) bond motifs is 1. The van der Waals surface area contributed by atoms with Gasteiger partial charge in [0.15, 0.2) is 11.5 Å². The zero-order chi connectivity index (χ0) is 18.7. The van der Waals surface area contributed by atoms with E-state index < -0.39 is 18.1 Å². The molecule has 0 aliphatic rings. The number of carbonyl (C=O) groups is 1. The van der Waals surface area contributed by atoms with Crippen molar-refractivity contribution in [3.05, 3.63) is 64.4 Å². The number of amides is 1. The Morgan fingerprint density at radius 3 is 2.62 bits per heavy atom. The standard InChI is InChI=1S/C18H14F2N2O4/c1-25-14-7-6-10(8-15(14)26-18(19)20)21-17(24)12-9-16(23)22-13-5-3-2-4-11(12)13/h2-9,18H,1H3,(H,21,24)(H,22,23). The molecule has 0 radical (unpaired) electrons. The summed E-state index contributed by atoms with van der Waals surface area (Å²) in [4.78, 5) is 27.0. The lowest BCUT2D eigenvalue weighted by molar-refractivity contribution is -0.0511. The number of halogens is 2. The molecule has 134 valence electrons. The number of anilines is 1. The van der Waals surface area contributed by atoms with E-state index in [0.717, 1.165) is 0 Å². The Kier molecular flexibility index (Phi) is 4.83. The van der Waals surface area contributed by atoms with Crippen LogP contribution in [0.2, 0.25) is 0 Å². The summed E-state index contributed by atoms with van der Waals surface area (Å²) in [6.07, 6.45) is 0. The van der Waals surface area contributed by atoms with Crippen molar-refractivity contribution in [1.82, 2.24) is 4.98 Å². The fourth-order valence-electron chi connectivity index (χ4n) is 2.53. The van der Waals surface area contributed by atoms with Crippen molar-refractivity contribution in [1.29, 1.82) is 0 Å². The average Bonchev–Trinajstić information content (AvgIpc) is 2.60. The number of hydrogen-bond acceptors (Lipinski definition) is 4. The molecule has 1 aromatic heterocycles. The smallest absolute Gasteiger partial charge is 0.387 e. The topological polar surface area (TPSA) is 80.4 Å². The van der Waals surface area contributed by atoms with Crippen molar-refractivity contribution >= 4 is 22.5 Å². The minimum absolute atomic E-state index is 0.102.